The van der Waals surface area contributed by atoms with Crippen molar-refractivity contribution in [3.8, 4) is 6.01 Å². The number of methoxy groups -OCH3 is 1. The molecule has 0 bridgehead atoms. The standard InChI is InChI=1S/C7H14N4O2/c1-11-5-9-7(10-11)13-6(3-8)4-12-2/h5-6H,3-4,8H2,1-2H3. The predicted octanol–water partition coefficient (Wildman–Crippen LogP) is -0.832. The van der Waals surface area contributed by atoms with E-state index in [1.807, 2.05) is 0 Å². The number of rotatable bonds is 5. The third-order valence-corrected chi connectivity index (χ3v) is 1.47. The molecule has 0 aliphatic heterocycles. The smallest absolute Gasteiger partial charge is 0.335 e. The molecule has 1 unspecified atom stereocenters. The molecular weight excluding hydrogens is 172 g/mol. The predicted molar refractivity (Wildman–Crippen MR) is 46.3 cm³/mol. The molecule has 0 aromatic carbocycles. The third-order valence-electron chi connectivity index (χ3n) is 1.47. The van der Waals surface area contributed by atoms with E-state index in [0.29, 0.717) is 19.2 Å². The minimum absolute atomic E-state index is 0.188. The van der Waals surface area contributed by atoms with Gasteiger partial charge in [-0.05, 0) is 0 Å². The number of hydrogen-bond donors (Lipinski definition) is 1. The van der Waals surface area contributed by atoms with Gasteiger partial charge in [-0.15, -0.1) is 5.10 Å². The molecule has 74 valence electrons. The van der Waals surface area contributed by atoms with Gasteiger partial charge in [0.25, 0.3) is 0 Å². The second kappa shape index (κ2) is 4.78. The molecule has 1 heterocycles. The third kappa shape index (κ3) is 3.00. The van der Waals surface area contributed by atoms with E-state index >= 15 is 0 Å². The van der Waals surface area contributed by atoms with Crippen LogP contribution in [0.3, 0.4) is 0 Å². The molecule has 1 rings (SSSR count). The summed E-state index contributed by atoms with van der Waals surface area (Å²) >= 11 is 0. The highest BCUT2D eigenvalue weighted by Crippen LogP contribution is 2.01. The van der Waals surface area contributed by atoms with E-state index in [4.69, 9.17) is 15.2 Å². The van der Waals surface area contributed by atoms with Gasteiger partial charge in [0.2, 0.25) is 0 Å². The Morgan fingerprint density at radius 2 is 2.46 bits per heavy atom. The molecule has 0 aliphatic carbocycles. The fourth-order valence-electron chi connectivity index (χ4n) is 0.859. The lowest BCUT2D eigenvalue weighted by atomic mass is 10.4. The summed E-state index contributed by atoms with van der Waals surface area (Å²) in [6.07, 6.45) is 1.38. The highest BCUT2D eigenvalue weighted by atomic mass is 16.5. The van der Waals surface area contributed by atoms with Crippen LogP contribution in [0.2, 0.25) is 0 Å². The van der Waals surface area contributed by atoms with Crippen molar-refractivity contribution in [1.29, 1.82) is 0 Å². The van der Waals surface area contributed by atoms with E-state index in [0.717, 1.165) is 0 Å². The minimum atomic E-state index is -0.188. The van der Waals surface area contributed by atoms with Crippen molar-refractivity contribution in [2.45, 2.75) is 6.10 Å². The zero-order valence-corrected chi connectivity index (χ0v) is 7.80. The molecule has 0 fully saturated rings. The molecule has 2 N–H and O–H groups in total. The van der Waals surface area contributed by atoms with Crippen molar-refractivity contribution in [3.05, 3.63) is 6.33 Å². The average molecular weight is 186 g/mol. The highest BCUT2D eigenvalue weighted by molar-refractivity contribution is 4.88. The SMILES string of the molecule is COCC(CN)Oc1ncn(C)n1. The van der Waals surface area contributed by atoms with Crippen molar-refractivity contribution in [1.82, 2.24) is 14.8 Å². The number of aromatic nitrogens is 3. The fourth-order valence-corrected chi connectivity index (χ4v) is 0.859. The molecule has 0 saturated heterocycles. The summed E-state index contributed by atoms with van der Waals surface area (Å²) in [6.45, 7) is 0.820. The normalized spacial score (nSPS) is 12.8. The first-order valence-electron chi connectivity index (χ1n) is 3.97. The van der Waals surface area contributed by atoms with Crippen LogP contribution in [-0.4, -0.2) is 41.1 Å². The molecule has 0 amide bonds. The summed E-state index contributed by atoms with van der Waals surface area (Å²) in [5.74, 6) is 0. The van der Waals surface area contributed by atoms with Gasteiger partial charge in [-0.2, -0.15) is 4.98 Å². The summed E-state index contributed by atoms with van der Waals surface area (Å²) < 4.78 is 11.8. The van der Waals surface area contributed by atoms with Gasteiger partial charge in [0, 0.05) is 20.7 Å². The molecule has 1 atom stereocenters. The van der Waals surface area contributed by atoms with Crippen LogP contribution in [0.25, 0.3) is 0 Å². The summed E-state index contributed by atoms with van der Waals surface area (Å²) in [6, 6.07) is 0.329. The molecule has 6 heteroatoms. The molecule has 0 spiro atoms. The number of ether oxygens (including phenoxy) is 2. The number of aryl methyl sites for hydroxylation is 1. The van der Waals surface area contributed by atoms with Gasteiger partial charge in [-0.3, -0.25) is 4.68 Å². The fraction of sp³-hybridized carbons (Fsp3) is 0.714. The quantitative estimate of drug-likeness (QED) is 0.649. The van der Waals surface area contributed by atoms with Crippen LogP contribution in [0.15, 0.2) is 6.33 Å². The Hall–Kier alpha value is -1.14. The van der Waals surface area contributed by atoms with Crippen LogP contribution < -0.4 is 10.5 Å². The molecule has 6 nitrogen and oxygen atoms in total. The molecule has 0 aliphatic rings. The number of nitrogens with two attached hydrogens (primary N) is 1. The van der Waals surface area contributed by atoms with Gasteiger partial charge < -0.3 is 15.2 Å². The molecule has 1 aromatic rings. The van der Waals surface area contributed by atoms with Crippen LogP contribution in [0.4, 0.5) is 0 Å². The van der Waals surface area contributed by atoms with Crippen molar-refractivity contribution >= 4 is 0 Å². The zero-order valence-electron chi connectivity index (χ0n) is 7.80. The zero-order chi connectivity index (χ0) is 9.68. The van der Waals surface area contributed by atoms with E-state index in [1.54, 1.807) is 25.2 Å². The Morgan fingerprint density at radius 1 is 1.69 bits per heavy atom. The van der Waals surface area contributed by atoms with Gasteiger partial charge in [-0.1, -0.05) is 0 Å². The van der Waals surface area contributed by atoms with Gasteiger partial charge in [0.1, 0.15) is 12.4 Å². The van der Waals surface area contributed by atoms with E-state index in [2.05, 4.69) is 10.1 Å². The lowest BCUT2D eigenvalue weighted by Gasteiger charge is -2.12. The van der Waals surface area contributed by atoms with Gasteiger partial charge in [0.05, 0.1) is 6.61 Å². The van der Waals surface area contributed by atoms with Gasteiger partial charge >= 0.3 is 6.01 Å². The lowest BCUT2D eigenvalue weighted by Crippen LogP contribution is -2.31. The molecular formula is C7H14N4O2. The van der Waals surface area contributed by atoms with Crippen LogP contribution in [-0.2, 0) is 11.8 Å². The van der Waals surface area contributed by atoms with Gasteiger partial charge in [0.15, 0.2) is 0 Å². The van der Waals surface area contributed by atoms with E-state index in [-0.39, 0.29) is 6.10 Å². The first-order valence-corrected chi connectivity index (χ1v) is 3.97. The van der Waals surface area contributed by atoms with Crippen LogP contribution in [0, 0.1) is 0 Å². The molecule has 13 heavy (non-hydrogen) atoms. The van der Waals surface area contributed by atoms with E-state index < -0.39 is 0 Å². The first kappa shape index (κ1) is 9.94. The number of hydrogen-bond acceptors (Lipinski definition) is 5. The van der Waals surface area contributed by atoms with Crippen molar-refractivity contribution in [3.63, 3.8) is 0 Å². The Kier molecular flexibility index (Phi) is 3.66. The van der Waals surface area contributed by atoms with Crippen molar-refractivity contribution in [2.24, 2.45) is 12.8 Å². The Bertz CT molecular complexity index is 250. The first-order chi connectivity index (χ1) is 6.26. The summed E-state index contributed by atoms with van der Waals surface area (Å²) in [4.78, 5) is 3.90. The maximum Gasteiger partial charge on any atom is 0.335 e. The molecule has 1 aromatic heterocycles. The van der Waals surface area contributed by atoms with Crippen molar-refractivity contribution < 1.29 is 9.47 Å². The van der Waals surface area contributed by atoms with E-state index in [9.17, 15) is 0 Å². The number of nitrogens with zero attached hydrogens (tertiary/aromatic N) is 3. The molecule has 0 radical (unpaired) electrons. The maximum atomic E-state index is 5.45. The Labute approximate surface area is 76.6 Å². The lowest BCUT2D eigenvalue weighted by molar-refractivity contribution is 0.0794. The second-order valence-electron chi connectivity index (χ2n) is 2.63. The topological polar surface area (TPSA) is 75.2 Å². The minimum Gasteiger partial charge on any atom is -0.455 e. The van der Waals surface area contributed by atoms with E-state index in [1.165, 1.54) is 0 Å². The highest BCUT2D eigenvalue weighted by Gasteiger charge is 2.10. The summed E-state index contributed by atoms with van der Waals surface area (Å²) in [5, 5.41) is 3.95. The second-order valence-corrected chi connectivity index (χ2v) is 2.63. The van der Waals surface area contributed by atoms with Crippen LogP contribution in [0.5, 0.6) is 6.01 Å². The Balaban J connectivity index is 2.46. The van der Waals surface area contributed by atoms with Gasteiger partial charge in [-0.25, -0.2) is 0 Å². The largest absolute Gasteiger partial charge is 0.455 e. The van der Waals surface area contributed by atoms with Crippen LogP contribution >= 0.6 is 0 Å². The van der Waals surface area contributed by atoms with Crippen molar-refractivity contribution in [2.75, 3.05) is 20.3 Å². The maximum absolute atomic E-state index is 5.45. The summed E-state index contributed by atoms with van der Waals surface area (Å²) in [5.41, 5.74) is 5.45. The molecule has 0 saturated carbocycles. The Morgan fingerprint density at radius 3 is 2.92 bits per heavy atom. The van der Waals surface area contributed by atoms with Crippen LogP contribution in [0.1, 0.15) is 0 Å². The average Bonchev–Trinajstić information content (AvgIpc) is 2.50. The monoisotopic (exact) mass is 186 g/mol. The summed E-state index contributed by atoms with van der Waals surface area (Å²) in [7, 11) is 3.37.